The van der Waals surface area contributed by atoms with Gasteiger partial charge in [-0.05, 0) is 18.9 Å². The highest BCUT2D eigenvalue weighted by Crippen LogP contribution is 2.36. The maximum atomic E-state index is 14.3. The lowest BCUT2D eigenvalue weighted by Crippen LogP contribution is -2.51. The standard InChI is InChI=1S/C24H35FN4O6S2/c1-16-14-28(36(5,31)32)11-12-29(37(6,33)34)22(26-3)19(16)13-18-15-35-21(20(18)23(30)27-4)17-7-9-24(2,25)10-8-17/h7-9,13,16,19H,10-12,14-15H2,1-6H3,(H,27,30)/b18-13+,26-22?. The van der Waals surface area contributed by atoms with Crippen LogP contribution in [0.3, 0.4) is 0 Å². The molecule has 0 aromatic heterocycles. The SMILES string of the molecule is CN=C1C(/C=C2\COC(C3=CCC(C)(F)C=C3)=C2C(=O)NC)C(C)CN(S(C)(=O)=O)CCN1S(C)(=O)=O. The summed E-state index contributed by atoms with van der Waals surface area (Å²) in [6.07, 6.45) is 8.68. The van der Waals surface area contributed by atoms with E-state index in [-0.39, 0.29) is 50.0 Å². The van der Waals surface area contributed by atoms with E-state index in [1.807, 2.05) is 6.92 Å². The minimum Gasteiger partial charge on any atom is -0.487 e. The summed E-state index contributed by atoms with van der Waals surface area (Å²) in [6.45, 7) is 3.34. The molecule has 1 fully saturated rings. The van der Waals surface area contributed by atoms with Gasteiger partial charge in [-0.2, -0.15) is 0 Å². The number of sulfonamides is 2. The van der Waals surface area contributed by atoms with E-state index in [1.54, 1.807) is 18.2 Å². The van der Waals surface area contributed by atoms with Crippen LogP contribution >= 0.6 is 0 Å². The molecule has 1 N–H and O–H groups in total. The first kappa shape index (κ1) is 29.1. The number of likely N-dealkylation sites (N-methyl/N-ethyl adjacent to an activating group) is 1. The van der Waals surface area contributed by atoms with Gasteiger partial charge in [-0.3, -0.25) is 14.1 Å². The van der Waals surface area contributed by atoms with E-state index in [0.717, 1.165) is 16.8 Å². The van der Waals surface area contributed by atoms with E-state index in [4.69, 9.17) is 4.74 Å². The smallest absolute Gasteiger partial charge is 0.255 e. The van der Waals surface area contributed by atoms with Crippen molar-refractivity contribution < 1.29 is 30.8 Å². The molecular weight excluding hydrogens is 523 g/mol. The molecule has 3 aliphatic rings. The molecule has 10 nitrogen and oxygen atoms in total. The number of amides is 1. The van der Waals surface area contributed by atoms with Crippen molar-refractivity contribution in [2.75, 3.05) is 52.8 Å². The topological polar surface area (TPSA) is 125 Å². The van der Waals surface area contributed by atoms with Crippen LogP contribution in [0.15, 0.2) is 51.8 Å². The van der Waals surface area contributed by atoms with Crippen LogP contribution < -0.4 is 5.32 Å². The van der Waals surface area contributed by atoms with Crippen molar-refractivity contribution in [2.24, 2.45) is 16.8 Å². The number of hydrogen-bond donors (Lipinski definition) is 1. The van der Waals surface area contributed by atoms with Gasteiger partial charge in [0.25, 0.3) is 5.91 Å². The third-order valence-electron chi connectivity index (χ3n) is 6.66. The molecule has 206 valence electrons. The molecule has 0 spiro atoms. The Morgan fingerprint density at radius 3 is 2.43 bits per heavy atom. The molecule has 0 saturated carbocycles. The normalized spacial score (nSPS) is 30.2. The van der Waals surface area contributed by atoms with Crippen LogP contribution in [0.4, 0.5) is 4.39 Å². The molecule has 37 heavy (non-hydrogen) atoms. The highest BCUT2D eigenvalue weighted by Gasteiger charge is 2.38. The molecular formula is C24H35FN4O6S2. The van der Waals surface area contributed by atoms with Crippen LogP contribution in [0.1, 0.15) is 20.3 Å². The van der Waals surface area contributed by atoms with Crippen molar-refractivity contribution in [3.63, 3.8) is 0 Å². The van der Waals surface area contributed by atoms with Crippen LogP contribution in [0, 0.1) is 11.8 Å². The molecule has 3 rings (SSSR count). The Morgan fingerprint density at radius 2 is 1.92 bits per heavy atom. The second-order valence-electron chi connectivity index (χ2n) is 9.78. The zero-order valence-electron chi connectivity index (χ0n) is 22.0. The van der Waals surface area contributed by atoms with Gasteiger partial charge in [-0.1, -0.05) is 25.2 Å². The molecule has 0 aromatic rings. The monoisotopic (exact) mass is 558 g/mol. The third-order valence-corrected chi connectivity index (χ3v) is 9.10. The van der Waals surface area contributed by atoms with Gasteiger partial charge in [0.15, 0.2) is 0 Å². The Balaban J connectivity index is 2.14. The van der Waals surface area contributed by atoms with Crippen LogP contribution in [0.5, 0.6) is 0 Å². The van der Waals surface area contributed by atoms with E-state index in [0.29, 0.717) is 16.9 Å². The van der Waals surface area contributed by atoms with E-state index >= 15 is 0 Å². The lowest BCUT2D eigenvalue weighted by atomic mass is 9.87. The highest BCUT2D eigenvalue weighted by atomic mass is 32.2. The quantitative estimate of drug-likeness (QED) is 0.544. The van der Waals surface area contributed by atoms with E-state index in [9.17, 15) is 26.0 Å². The summed E-state index contributed by atoms with van der Waals surface area (Å²) in [4.78, 5) is 17.3. The van der Waals surface area contributed by atoms with Gasteiger partial charge in [-0.15, -0.1) is 0 Å². The van der Waals surface area contributed by atoms with Crippen LogP contribution in [-0.2, 0) is 29.6 Å². The van der Waals surface area contributed by atoms with E-state index in [2.05, 4.69) is 10.3 Å². The van der Waals surface area contributed by atoms with Crippen LogP contribution in [0.2, 0.25) is 0 Å². The maximum Gasteiger partial charge on any atom is 0.255 e. The van der Waals surface area contributed by atoms with Crippen LogP contribution in [0.25, 0.3) is 0 Å². The van der Waals surface area contributed by atoms with Crippen molar-refractivity contribution in [1.29, 1.82) is 0 Å². The molecule has 2 aliphatic heterocycles. The third kappa shape index (κ3) is 6.50. The first-order chi connectivity index (χ1) is 17.1. The van der Waals surface area contributed by atoms with Gasteiger partial charge in [0.05, 0.1) is 18.1 Å². The summed E-state index contributed by atoms with van der Waals surface area (Å²) < 4.78 is 72.8. The molecule has 1 aliphatic carbocycles. The molecule has 1 amide bonds. The molecule has 13 heteroatoms. The number of amidine groups is 1. The first-order valence-corrected chi connectivity index (χ1v) is 15.6. The largest absolute Gasteiger partial charge is 0.487 e. The van der Waals surface area contributed by atoms with Gasteiger partial charge in [0.1, 0.15) is 23.9 Å². The number of halogens is 1. The predicted molar refractivity (Wildman–Crippen MR) is 140 cm³/mol. The Kier molecular flexibility index (Phi) is 8.40. The number of carbonyl (C=O) groups excluding carboxylic acids is 1. The minimum absolute atomic E-state index is 0.0107. The number of hydrogen-bond acceptors (Lipinski definition) is 7. The summed E-state index contributed by atoms with van der Waals surface area (Å²) in [5, 5.41) is 2.61. The number of carbonyl (C=O) groups is 1. The fourth-order valence-corrected chi connectivity index (χ4v) is 6.54. The number of rotatable bonds is 5. The summed E-state index contributed by atoms with van der Waals surface area (Å²) >= 11 is 0. The predicted octanol–water partition coefficient (Wildman–Crippen LogP) is 1.38. The fourth-order valence-electron chi connectivity index (χ4n) is 4.67. The summed E-state index contributed by atoms with van der Waals surface area (Å²) in [6, 6.07) is 0. The average molecular weight is 559 g/mol. The number of aliphatic imine (C=N–C) groups is 1. The van der Waals surface area contributed by atoms with Crippen molar-refractivity contribution in [2.45, 2.75) is 25.9 Å². The average Bonchev–Trinajstić information content (AvgIpc) is 3.20. The van der Waals surface area contributed by atoms with Gasteiger partial charge in [0.2, 0.25) is 20.0 Å². The van der Waals surface area contributed by atoms with Crippen molar-refractivity contribution in [3.8, 4) is 0 Å². The van der Waals surface area contributed by atoms with Crippen LogP contribution in [-0.4, -0.2) is 95.7 Å². The van der Waals surface area contributed by atoms with E-state index in [1.165, 1.54) is 31.4 Å². The number of allylic oxidation sites excluding steroid dienone is 3. The first-order valence-electron chi connectivity index (χ1n) is 11.9. The Morgan fingerprint density at radius 1 is 1.24 bits per heavy atom. The molecule has 1 saturated heterocycles. The molecule has 3 unspecified atom stereocenters. The molecule has 2 heterocycles. The Labute approximate surface area is 218 Å². The Bertz CT molecular complexity index is 1310. The van der Waals surface area contributed by atoms with Gasteiger partial charge in [0, 0.05) is 57.2 Å². The number of nitrogens with zero attached hydrogens (tertiary/aromatic N) is 3. The van der Waals surface area contributed by atoms with Crippen molar-refractivity contribution in [3.05, 3.63) is 46.8 Å². The van der Waals surface area contributed by atoms with Gasteiger partial charge in [-0.25, -0.2) is 25.5 Å². The second kappa shape index (κ2) is 10.7. The summed E-state index contributed by atoms with van der Waals surface area (Å²) in [5.74, 6) is -0.880. The minimum atomic E-state index is -3.78. The molecule has 0 bridgehead atoms. The molecule has 0 aromatic carbocycles. The number of nitrogens with one attached hydrogen (secondary N) is 1. The lowest BCUT2D eigenvalue weighted by molar-refractivity contribution is -0.116. The number of alkyl halides is 1. The molecule has 3 atom stereocenters. The zero-order valence-corrected chi connectivity index (χ0v) is 23.6. The van der Waals surface area contributed by atoms with Gasteiger partial charge < -0.3 is 10.1 Å². The highest BCUT2D eigenvalue weighted by molar-refractivity contribution is 7.89. The van der Waals surface area contributed by atoms with Gasteiger partial charge >= 0.3 is 0 Å². The molecule has 0 radical (unpaired) electrons. The van der Waals surface area contributed by atoms with Crippen molar-refractivity contribution in [1.82, 2.24) is 13.9 Å². The summed E-state index contributed by atoms with van der Waals surface area (Å²) in [5.41, 5.74) is -0.143. The fraction of sp³-hybridized carbons (Fsp3) is 0.583. The second-order valence-corrected chi connectivity index (χ2v) is 13.7. The lowest BCUT2D eigenvalue weighted by Gasteiger charge is -2.37. The Hall–Kier alpha value is -2.51. The summed E-state index contributed by atoms with van der Waals surface area (Å²) in [7, 11) is -4.41. The van der Waals surface area contributed by atoms with Crippen molar-refractivity contribution >= 4 is 31.8 Å². The zero-order chi connectivity index (χ0) is 27.8. The number of ether oxygens (including phenoxy) is 1. The maximum absolute atomic E-state index is 14.3. The van der Waals surface area contributed by atoms with E-state index < -0.39 is 37.5 Å².